The van der Waals surface area contributed by atoms with Crippen LogP contribution in [0.1, 0.15) is 5.56 Å². The molecule has 152 valence electrons. The summed E-state index contributed by atoms with van der Waals surface area (Å²) in [6, 6.07) is 7.77. The smallest absolute Gasteiger partial charge is 0.416 e. The zero-order valence-electron chi connectivity index (χ0n) is 15.0. The molecule has 0 radical (unpaired) electrons. The minimum atomic E-state index is -4.56. The van der Waals surface area contributed by atoms with Crippen molar-refractivity contribution in [3.8, 4) is 11.4 Å². The number of hydrogen-bond acceptors (Lipinski definition) is 5. The van der Waals surface area contributed by atoms with E-state index in [4.69, 9.17) is 16.3 Å². The molecule has 2 N–H and O–H groups in total. The molecule has 0 atom stereocenters. The minimum Gasteiger partial charge on any atom is -0.495 e. The second kappa shape index (κ2) is 8.39. The molecule has 0 unspecified atom stereocenters. The molecule has 0 fully saturated rings. The van der Waals surface area contributed by atoms with Gasteiger partial charge in [-0.2, -0.15) is 18.3 Å². The summed E-state index contributed by atoms with van der Waals surface area (Å²) in [4.78, 5) is 16.2. The van der Waals surface area contributed by atoms with Crippen molar-refractivity contribution in [3.63, 3.8) is 0 Å². The van der Waals surface area contributed by atoms with Crippen LogP contribution in [0.25, 0.3) is 5.69 Å². The predicted molar refractivity (Wildman–Crippen MR) is 101 cm³/mol. The van der Waals surface area contributed by atoms with Crippen LogP contribution in [0.15, 0.2) is 49.1 Å². The molecule has 2 aromatic carbocycles. The molecular formula is C18H15ClF3N5O2. The third-order valence-electron chi connectivity index (χ3n) is 3.86. The van der Waals surface area contributed by atoms with Crippen LogP contribution >= 0.6 is 11.6 Å². The maximum atomic E-state index is 13.1. The highest BCUT2D eigenvalue weighted by atomic mass is 35.5. The Kier molecular flexibility index (Phi) is 5.92. The normalized spacial score (nSPS) is 11.2. The molecule has 0 aliphatic carbocycles. The Morgan fingerprint density at radius 3 is 2.66 bits per heavy atom. The van der Waals surface area contributed by atoms with Gasteiger partial charge in [-0.1, -0.05) is 11.6 Å². The van der Waals surface area contributed by atoms with Gasteiger partial charge in [0.15, 0.2) is 0 Å². The molecular weight excluding hydrogens is 411 g/mol. The Bertz CT molecular complexity index is 1010. The van der Waals surface area contributed by atoms with Crippen molar-refractivity contribution in [2.45, 2.75) is 6.18 Å². The van der Waals surface area contributed by atoms with E-state index in [0.717, 1.165) is 12.1 Å². The van der Waals surface area contributed by atoms with Crippen LogP contribution in [-0.4, -0.2) is 34.3 Å². The van der Waals surface area contributed by atoms with Crippen molar-refractivity contribution in [1.82, 2.24) is 14.8 Å². The first-order chi connectivity index (χ1) is 13.8. The Balaban J connectivity index is 1.81. The van der Waals surface area contributed by atoms with Crippen molar-refractivity contribution in [2.24, 2.45) is 0 Å². The van der Waals surface area contributed by atoms with E-state index < -0.39 is 17.6 Å². The Morgan fingerprint density at radius 2 is 2.00 bits per heavy atom. The van der Waals surface area contributed by atoms with E-state index in [1.807, 2.05) is 0 Å². The standard InChI is InChI=1S/C18H15ClF3N5O2/c1-29-16-5-3-12(19)7-14(16)24-8-17(28)26-13-6-11(18(20,21)22)2-4-15(13)27-10-23-9-25-27/h2-7,9-10,24H,8H2,1H3,(H,26,28). The lowest BCUT2D eigenvalue weighted by Crippen LogP contribution is -2.23. The molecule has 11 heteroatoms. The fraction of sp³-hybridized carbons (Fsp3) is 0.167. The first kappa shape index (κ1) is 20.5. The summed E-state index contributed by atoms with van der Waals surface area (Å²) < 4.78 is 45.7. The van der Waals surface area contributed by atoms with Gasteiger partial charge in [-0.25, -0.2) is 9.67 Å². The van der Waals surface area contributed by atoms with E-state index in [9.17, 15) is 18.0 Å². The summed E-state index contributed by atoms with van der Waals surface area (Å²) in [5, 5.41) is 9.64. The van der Waals surface area contributed by atoms with E-state index in [2.05, 4.69) is 20.7 Å². The van der Waals surface area contributed by atoms with E-state index in [1.54, 1.807) is 18.2 Å². The number of amides is 1. The second-order valence-electron chi connectivity index (χ2n) is 5.82. The number of carbonyl (C=O) groups is 1. The summed E-state index contributed by atoms with van der Waals surface area (Å²) in [6.07, 6.45) is -2.02. The largest absolute Gasteiger partial charge is 0.495 e. The van der Waals surface area contributed by atoms with Crippen LogP contribution in [-0.2, 0) is 11.0 Å². The molecule has 3 rings (SSSR count). The van der Waals surface area contributed by atoms with Crippen molar-refractivity contribution < 1.29 is 22.7 Å². The van der Waals surface area contributed by atoms with Crippen molar-refractivity contribution in [2.75, 3.05) is 24.3 Å². The lowest BCUT2D eigenvalue weighted by atomic mass is 10.1. The number of carbonyl (C=O) groups excluding carboxylic acids is 1. The highest BCUT2D eigenvalue weighted by molar-refractivity contribution is 6.30. The van der Waals surface area contributed by atoms with E-state index in [-0.39, 0.29) is 17.9 Å². The molecule has 7 nitrogen and oxygen atoms in total. The number of aromatic nitrogens is 3. The number of alkyl halides is 3. The Hall–Kier alpha value is -3.27. The number of anilines is 2. The molecule has 29 heavy (non-hydrogen) atoms. The second-order valence-corrected chi connectivity index (χ2v) is 6.25. The number of nitrogens with zero attached hydrogens (tertiary/aromatic N) is 3. The fourth-order valence-electron chi connectivity index (χ4n) is 2.53. The topological polar surface area (TPSA) is 81.1 Å². The Labute approximate surface area is 168 Å². The average molecular weight is 426 g/mol. The molecule has 0 spiro atoms. The number of methoxy groups -OCH3 is 1. The lowest BCUT2D eigenvalue weighted by molar-refractivity contribution is -0.137. The van der Waals surface area contributed by atoms with Crippen LogP contribution in [0.3, 0.4) is 0 Å². The lowest BCUT2D eigenvalue weighted by Gasteiger charge is -2.15. The van der Waals surface area contributed by atoms with Crippen LogP contribution < -0.4 is 15.4 Å². The van der Waals surface area contributed by atoms with Gasteiger partial charge in [-0.3, -0.25) is 4.79 Å². The molecule has 3 aromatic rings. The molecule has 1 heterocycles. The predicted octanol–water partition coefficient (Wildman–Crippen LogP) is 4.00. The maximum Gasteiger partial charge on any atom is 0.416 e. The molecule has 1 aromatic heterocycles. The van der Waals surface area contributed by atoms with E-state index in [1.165, 1.54) is 30.5 Å². The van der Waals surface area contributed by atoms with Crippen molar-refractivity contribution in [3.05, 3.63) is 59.6 Å². The van der Waals surface area contributed by atoms with E-state index >= 15 is 0 Å². The quantitative estimate of drug-likeness (QED) is 0.624. The van der Waals surface area contributed by atoms with Gasteiger partial charge in [-0.15, -0.1) is 0 Å². The van der Waals surface area contributed by atoms with Gasteiger partial charge < -0.3 is 15.4 Å². The molecule has 1 amide bonds. The van der Waals surface area contributed by atoms with Gasteiger partial charge in [-0.05, 0) is 36.4 Å². The summed E-state index contributed by atoms with van der Waals surface area (Å²) in [6.45, 7) is -0.232. The number of rotatable bonds is 6. The summed E-state index contributed by atoms with van der Waals surface area (Å²) in [5.74, 6) is -0.114. The number of benzene rings is 2. The molecule has 0 aliphatic heterocycles. The number of halogens is 4. The van der Waals surface area contributed by atoms with Gasteiger partial charge >= 0.3 is 6.18 Å². The van der Waals surface area contributed by atoms with Crippen molar-refractivity contribution in [1.29, 1.82) is 0 Å². The number of nitrogens with one attached hydrogen (secondary N) is 2. The van der Waals surface area contributed by atoms with Gasteiger partial charge in [0.25, 0.3) is 0 Å². The third-order valence-corrected chi connectivity index (χ3v) is 4.10. The number of hydrogen-bond donors (Lipinski definition) is 2. The summed E-state index contributed by atoms with van der Waals surface area (Å²) in [7, 11) is 1.46. The van der Waals surface area contributed by atoms with Crippen LogP contribution in [0, 0.1) is 0 Å². The minimum absolute atomic E-state index is 0.0600. The van der Waals surface area contributed by atoms with E-state index in [0.29, 0.717) is 16.5 Å². The first-order valence-corrected chi connectivity index (χ1v) is 8.59. The van der Waals surface area contributed by atoms with Crippen LogP contribution in [0.2, 0.25) is 5.02 Å². The zero-order chi connectivity index (χ0) is 21.0. The van der Waals surface area contributed by atoms with Crippen LogP contribution in [0.4, 0.5) is 24.5 Å². The molecule has 0 saturated carbocycles. The molecule has 0 aliphatic rings. The average Bonchev–Trinajstić information content (AvgIpc) is 3.20. The third kappa shape index (κ3) is 4.96. The van der Waals surface area contributed by atoms with Gasteiger partial charge in [0.2, 0.25) is 5.91 Å². The van der Waals surface area contributed by atoms with Gasteiger partial charge in [0.1, 0.15) is 18.4 Å². The highest BCUT2D eigenvalue weighted by Gasteiger charge is 2.31. The fourth-order valence-corrected chi connectivity index (χ4v) is 2.71. The molecule has 0 bridgehead atoms. The summed E-state index contributed by atoms with van der Waals surface area (Å²) >= 11 is 5.94. The molecule has 0 saturated heterocycles. The van der Waals surface area contributed by atoms with Crippen LogP contribution in [0.5, 0.6) is 5.75 Å². The number of ether oxygens (including phenoxy) is 1. The highest BCUT2D eigenvalue weighted by Crippen LogP contribution is 2.33. The summed E-state index contributed by atoms with van der Waals surface area (Å²) in [5.41, 5.74) is -0.254. The van der Waals surface area contributed by atoms with Crippen molar-refractivity contribution >= 4 is 28.9 Å². The van der Waals surface area contributed by atoms with Gasteiger partial charge in [0.05, 0.1) is 36.3 Å². The first-order valence-electron chi connectivity index (χ1n) is 8.21. The van der Waals surface area contributed by atoms with Gasteiger partial charge in [0, 0.05) is 5.02 Å². The zero-order valence-corrected chi connectivity index (χ0v) is 15.8. The monoisotopic (exact) mass is 425 g/mol. The maximum absolute atomic E-state index is 13.1. The SMILES string of the molecule is COc1ccc(Cl)cc1NCC(=O)Nc1cc(C(F)(F)F)ccc1-n1cncn1. The Morgan fingerprint density at radius 1 is 1.21 bits per heavy atom.